The first-order valence-corrected chi connectivity index (χ1v) is 5.08. The van der Waals surface area contributed by atoms with Crippen LogP contribution in [0.1, 0.15) is 5.56 Å². The predicted molar refractivity (Wildman–Crippen MR) is 65.2 cm³/mol. The van der Waals surface area contributed by atoms with E-state index in [-0.39, 0.29) is 0 Å². The van der Waals surface area contributed by atoms with Crippen LogP contribution in [0, 0.1) is 6.92 Å². The van der Waals surface area contributed by atoms with Gasteiger partial charge in [0.15, 0.2) is 0 Å². The maximum Gasteiger partial charge on any atom is 0.128 e. The molecule has 0 unspecified atom stereocenters. The van der Waals surface area contributed by atoms with E-state index < -0.39 is 0 Å². The molecular formula is C11H20N4. The molecule has 0 saturated heterocycles. The van der Waals surface area contributed by atoms with E-state index in [0.717, 1.165) is 30.2 Å². The summed E-state index contributed by atoms with van der Waals surface area (Å²) in [5.74, 6) is 0.976. The van der Waals surface area contributed by atoms with Gasteiger partial charge in [-0.25, -0.2) is 4.98 Å². The van der Waals surface area contributed by atoms with Crippen molar-refractivity contribution in [3.8, 4) is 0 Å². The number of nitrogens with two attached hydrogens (primary N) is 1. The van der Waals surface area contributed by atoms with Crippen LogP contribution in [0.2, 0.25) is 0 Å². The van der Waals surface area contributed by atoms with Gasteiger partial charge >= 0.3 is 0 Å². The van der Waals surface area contributed by atoms with Gasteiger partial charge in [0.05, 0.1) is 11.9 Å². The van der Waals surface area contributed by atoms with Crippen molar-refractivity contribution in [2.75, 3.05) is 44.9 Å². The molecule has 0 aromatic carbocycles. The van der Waals surface area contributed by atoms with E-state index in [0.29, 0.717) is 0 Å². The smallest absolute Gasteiger partial charge is 0.128 e. The Bertz CT molecular complexity index is 322. The van der Waals surface area contributed by atoms with Gasteiger partial charge in [-0.15, -0.1) is 0 Å². The van der Waals surface area contributed by atoms with E-state index in [1.807, 2.05) is 20.0 Å². The molecule has 84 valence electrons. The highest BCUT2D eigenvalue weighted by atomic mass is 15.2. The third-order valence-corrected chi connectivity index (χ3v) is 2.41. The monoisotopic (exact) mass is 208 g/mol. The number of anilines is 2. The molecule has 1 rings (SSSR count). The minimum Gasteiger partial charge on any atom is -0.397 e. The average Bonchev–Trinajstić information content (AvgIpc) is 2.18. The summed E-state index contributed by atoms with van der Waals surface area (Å²) < 4.78 is 0. The van der Waals surface area contributed by atoms with E-state index in [1.165, 1.54) is 0 Å². The van der Waals surface area contributed by atoms with Gasteiger partial charge in [0, 0.05) is 20.1 Å². The second-order valence-corrected chi connectivity index (χ2v) is 4.12. The Kier molecular flexibility index (Phi) is 3.91. The van der Waals surface area contributed by atoms with Crippen LogP contribution >= 0.6 is 0 Å². The second-order valence-electron chi connectivity index (χ2n) is 4.12. The van der Waals surface area contributed by atoms with Gasteiger partial charge in [0.25, 0.3) is 0 Å². The SMILES string of the molecule is Cc1cc(N(C)CCN(C)C)ncc1N. The lowest BCUT2D eigenvalue weighted by Gasteiger charge is -2.21. The molecule has 4 nitrogen and oxygen atoms in total. The zero-order chi connectivity index (χ0) is 11.4. The highest BCUT2D eigenvalue weighted by Crippen LogP contribution is 2.15. The minimum atomic E-state index is 0.750. The normalized spacial score (nSPS) is 10.7. The number of nitrogens with zero attached hydrogens (tertiary/aromatic N) is 3. The number of aromatic nitrogens is 1. The highest BCUT2D eigenvalue weighted by molar-refractivity contribution is 5.51. The van der Waals surface area contributed by atoms with Gasteiger partial charge in [-0.2, -0.15) is 0 Å². The van der Waals surface area contributed by atoms with Crippen LogP contribution in [0.3, 0.4) is 0 Å². The molecule has 1 heterocycles. The third kappa shape index (κ3) is 3.40. The van der Waals surface area contributed by atoms with E-state index in [4.69, 9.17) is 5.73 Å². The Morgan fingerprint density at radius 3 is 2.47 bits per heavy atom. The lowest BCUT2D eigenvalue weighted by atomic mass is 10.2. The van der Waals surface area contributed by atoms with Gasteiger partial charge in [-0.1, -0.05) is 0 Å². The molecule has 4 heteroatoms. The number of hydrogen-bond acceptors (Lipinski definition) is 4. The molecular weight excluding hydrogens is 188 g/mol. The summed E-state index contributed by atoms with van der Waals surface area (Å²) >= 11 is 0. The molecule has 0 saturated carbocycles. The molecule has 0 bridgehead atoms. The van der Waals surface area contributed by atoms with Crippen LogP contribution in [0.4, 0.5) is 11.5 Å². The van der Waals surface area contributed by atoms with Crippen molar-refractivity contribution < 1.29 is 0 Å². The molecule has 15 heavy (non-hydrogen) atoms. The zero-order valence-corrected chi connectivity index (χ0v) is 9.99. The number of pyridine rings is 1. The maximum atomic E-state index is 5.72. The quantitative estimate of drug-likeness (QED) is 0.801. The molecule has 0 fully saturated rings. The van der Waals surface area contributed by atoms with Gasteiger partial charge in [-0.3, -0.25) is 0 Å². The first-order chi connectivity index (χ1) is 7.00. The second kappa shape index (κ2) is 4.98. The first-order valence-electron chi connectivity index (χ1n) is 5.08. The summed E-state index contributed by atoms with van der Waals surface area (Å²) in [5.41, 5.74) is 7.55. The van der Waals surface area contributed by atoms with E-state index in [1.54, 1.807) is 6.20 Å². The number of likely N-dealkylation sites (N-methyl/N-ethyl adjacent to an activating group) is 2. The van der Waals surface area contributed by atoms with Crippen molar-refractivity contribution in [1.82, 2.24) is 9.88 Å². The van der Waals surface area contributed by atoms with Gasteiger partial charge in [-0.05, 0) is 32.6 Å². The maximum absolute atomic E-state index is 5.72. The molecule has 1 aromatic rings. The van der Waals surface area contributed by atoms with E-state index in [2.05, 4.69) is 28.9 Å². The van der Waals surface area contributed by atoms with Crippen LogP contribution in [-0.2, 0) is 0 Å². The lowest BCUT2D eigenvalue weighted by molar-refractivity contribution is 0.416. The summed E-state index contributed by atoms with van der Waals surface area (Å²) in [6.07, 6.45) is 1.72. The number of rotatable bonds is 4. The van der Waals surface area contributed by atoms with Crippen LogP contribution in [0.5, 0.6) is 0 Å². The number of aryl methyl sites for hydroxylation is 1. The largest absolute Gasteiger partial charge is 0.397 e. The van der Waals surface area contributed by atoms with Crippen LogP contribution < -0.4 is 10.6 Å². The fraction of sp³-hybridized carbons (Fsp3) is 0.545. The molecule has 2 N–H and O–H groups in total. The van der Waals surface area contributed by atoms with Crippen molar-refractivity contribution in [2.45, 2.75) is 6.92 Å². The molecule has 0 atom stereocenters. The lowest BCUT2D eigenvalue weighted by Crippen LogP contribution is -2.29. The Balaban J connectivity index is 2.65. The zero-order valence-electron chi connectivity index (χ0n) is 9.99. The topological polar surface area (TPSA) is 45.4 Å². The molecule has 0 spiro atoms. The fourth-order valence-electron chi connectivity index (χ4n) is 1.23. The molecule has 0 amide bonds. The van der Waals surface area contributed by atoms with Crippen molar-refractivity contribution >= 4 is 11.5 Å². The summed E-state index contributed by atoms with van der Waals surface area (Å²) in [4.78, 5) is 8.58. The van der Waals surface area contributed by atoms with Crippen LogP contribution in [-0.4, -0.2) is 44.1 Å². The Morgan fingerprint density at radius 2 is 1.93 bits per heavy atom. The van der Waals surface area contributed by atoms with Gasteiger partial charge < -0.3 is 15.5 Å². The Hall–Kier alpha value is -1.29. The number of nitrogen functional groups attached to an aromatic ring is 1. The summed E-state index contributed by atoms with van der Waals surface area (Å²) in [5, 5.41) is 0. The van der Waals surface area contributed by atoms with Gasteiger partial charge in [0.2, 0.25) is 0 Å². The molecule has 0 aliphatic rings. The van der Waals surface area contributed by atoms with Crippen molar-refractivity contribution in [3.05, 3.63) is 17.8 Å². The molecule has 1 aromatic heterocycles. The first kappa shape index (κ1) is 11.8. The molecule has 0 aliphatic heterocycles. The molecule has 0 aliphatic carbocycles. The van der Waals surface area contributed by atoms with Crippen molar-refractivity contribution in [2.24, 2.45) is 0 Å². The number of hydrogen-bond donors (Lipinski definition) is 1. The predicted octanol–water partition coefficient (Wildman–Crippen LogP) is 0.970. The van der Waals surface area contributed by atoms with Crippen molar-refractivity contribution in [1.29, 1.82) is 0 Å². The van der Waals surface area contributed by atoms with Gasteiger partial charge in [0.1, 0.15) is 5.82 Å². The minimum absolute atomic E-state index is 0.750. The molecule has 0 radical (unpaired) electrons. The van der Waals surface area contributed by atoms with E-state index >= 15 is 0 Å². The summed E-state index contributed by atoms with van der Waals surface area (Å²) in [6.45, 7) is 3.98. The Morgan fingerprint density at radius 1 is 1.27 bits per heavy atom. The highest BCUT2D eigenvalue weighted by Gasteiger charge is 2.04. The third-order valence-electron chi connectivity index (χ3n) is 2.41. The fourth-order valence-corrected chi connectivity index (χ4v) is 1.23. The van der Waals surface area contributed by atoms with Crippen LogP contribution in [0.15, 0.2) is 12.3 Å². The summed E-state index contributed by atoms with van der Waals surface area (Å²) in [7, 11) is 6.17. The van der Waals surface area contributed by atoms with E-state index in [9.17, 15) is 0 Å². The summed E-state index contributed by atoms with van der Waals surface area (Å²) in [6, 6.07) is 2.02. The average molecular weight is 208 g/mol. The standard InChI is InChI=1S/C11H20N4/c1-9-7-11(13-8-10(9)12)15(4)6-5-14(2)3/h7-8H,5-6,12H2,1-4H3. The van der Waals surface area contributed by atoms with Crippen molar-refractivity contribution in [3.63, 3.8) is 0 Å². The van der Waals surface area contributed by atoms with Crippen LogP contribution in [0.25, 0.3) is 0 Å². The Labute approximate surface area is 91.7 Å².